The van der Waals surface area contributed by atoms with E-state index in [9.17, 15) is 13.2 Å². The average molecular weight is 495 g/mol. The molecule has 0 atom stereocenters. The van der Waals surface area contributed by atoms with Crippen molar-refractivity contribution in [2.45, 2.75) is 4.90 Å². The standard InChI is InChI=1S/C22H20Cl2N2O5S/c1-26(32(28,29)19-8-9-20(30-2)21(13-19)31-3)18-6-4-14(5-7-18)22(27)25-17-11-15(23)10-16(24)12-17/h4-13H,1-3H3,(H,25,27). The highest BCUT2D eigenvalue weighted by molar-refractivity contribution is 7.92. The number of rotatable bonds is 7. The van der Waals surface area contributed by atoms with Gasteiger partial charge in [-0.2, -0.15) is 0 Å². The van der Waals surface area contributed by atoms with E-state index in [0.29, 0.717) is 38.5 Å². The Balaban J connectivity index is 1.81. The molecular formula is C22H20Cl2N2O5S. The Morgan fingerprint density at radius 1 is 0.875 bits per heavy atom. The monoisotopic (exact) mass is 494 g/mol. The molecule has 0 spiro atoms. The molecule has 3 aromatic carbocycles. The van der Waals surface area contributed by atoms with Crippen molar-refractivity contribution >= 4 is 50.5 Å². The van der Waals surface area contributed by atoms with Crippen molar-refractivity contribution in [2.75, 3.05) is 30.9 Å². The molecule has 0 unspecified atom stereocenters. The summed E-state index contributed by atoms with van der Waals surface area (Å²) < 4.78 is 37.6. The summed E-state index contributed by atoms with van der Waals surface area (Å²) in [6, 6.07) is 15.2. The number of carbonyl (C=O) groups excluding carboxylic acids is 1. The second kappa shape index (κ2) is 9.68. The first-order valence-electron chi connectivity index (χ1n) is 9.24. The molecule has 0 aliphatic rings. The van der Waals surface area contributed by atoms with Gasteiger partial charge in [-0.05, 0) is 54.6 Å². The summed E-state index contributed by atoms with van der Waals surface area (Å²) in [6.45, 7) is 0. The molecule has 7 nitrogen and oxygen atoms in total. The lowest BCUT2D eigenvalue weighted by molar-refractivity contribution is 0.102. The summed E-state index contributed by atoms with van der Waals surface area (Å²) >= 11 is 11.9. The summed E-state index contributed by atoms with van der Waals surface area (Å²) in [5.74, 6) is 0.334. The van der Waals surface area contributed by atoms with E-state index in [4.69, 9.17) is 32.7 Å². The number of benzene rings is 3. The number of anilines is 2. The van der Waals surface area contributed by atoms with Crippen LogP contribution in [-0.4, -0.2) is 35.6 Å². The Morgan fingerprint density at radius 3 is 2.03 bits per heavy atom. The van der Waals surface area contributed by atoms with E-state index in [1.807, 2.05) is 0 Å². The van der Waals surface area contributed by atoms with Gasteiger partial charge < -0.3 is 14.8 Å². The molecule has 3 rings (SSSR count). The fourth-order valence-corrected chi connectivity index (χ4v) is 4.66. The number of ether oxygens (including phenoxy) is 2. The SMILES string of the molecule is COc1ccc(S(=O)(=O)N(C)c2ccc(C(=O)Nc3cc(Cl)cc(Cl)c3)cc2)cc1OC. The van der Waals surface area contributed by atoms with Crippen molar-refractivity contribution in [3.8, 4) is 11.5 Å². The molecule has 0 heterocycles. The van der Waals surface area contributed by atoms with Gasteiger partial charge in [0.25, 0.3) is 15.9 Å². The molecular weight excluding hydrogens is 475 g/mol. The first-order valence-corrected chi connectivity index (χ1v) is 11.4. The summed E-state index contributed by atoms with van der Waals surface area (Å²) in [5.41, 5.74) is 1.16. The van der Waals surface area contributed by atoms with Gasteiger partial charge >= 0.3 is 0 Å². The number of nitrogens with zero attached hydrogens (tertiary/aromatic N) is 1. The molecule has 1 N–H and O–H groups in total. The highest BCUT2D eigenvalue weighted by Crippen LogP contribution is 2.31. The number of halogens is 2. The molecule has 10 heteroatoms. The molecule has 0 bridgehead atoms. The van der Waals surface area contributed by atoms with E-state index in [1.54, 1.807) is 18.2 Å². The predicted molar refractivity (Wildman–Crippen MR) is 126 cm³/mol. The smallest absolute Gasteiger partial charge is 0.264 e. The fraction of sp³-hybridized carbons (Fsp3) is 0.136. The third-order valence-electron chi connectivity index (χ3n) is 4.63. The van der Waals surface area contributed by atoms with Crippen molar-refractivity contribution in [2.24, 2.45) is 0 Å². The highest BCUT2D eigenvalue weighted by atomic mass is 35.5. The maximum Gasteiger partial charge on any atom is 0.264 e. The van der Waals surface area contributed by atoms with Crippen LogP contribution in [0.4, 0.5) is 11.4 Å². The zero-order valence-corrected chi connectivity index (χ0v) is 19.8. The van der Waals surface area contributed by atoms with Crippen LogP contribution in [0.5, 0.6) is 11.5 Å². The number of hydrogen-bond donors (Lipinski definition) is 1. The van der Waals surface area contributed by atoms with E-state index in [0.717, 1.165) is 4.31 Å². The minimum atomic E-state index is -3.87. The van der Waals surface area contributed by atoms with Crippen LogP contribution < -0.4 is 19.1 Å². The largest absolute Gasteiger partial charge is 0.493 e. The highest BCUT2D eigenvalue weighted by Gasteiger charge is 2.23. The Bertz CT molecular complexity index is 1230. The second-order valence-electron chi connectivity index (χ2n) is 6.65. The van der Waals surface area contributed by atoms with Crippen LogP contribution in [0.15, 0.2) is 65.6 Å². The minimum absolute atomic E-state index is 0.0392. The van der Waals surface area contributed by atoms with Gasteiger partial charge in [-0.15, -0.1) is 0 Å². The van der Waals surface area contributed by atoms with E-state index < -0.39 is 10.0 Å². The number of sulfonamides is 1. The van der Waals surface area contributed by atoms with E-state index in [-0.39, 0.29) is 10.8 Å². The number of nitrogens with one attached hydrogen (secondary N) is 1. The Labute approximate surface area is 196 Å². The van der Waals surface area contributed by atoms with Crippen molar-refractivity contribution in [1.82, 2.24) is 0 Å². The lowest BCUT2D eigenvalue weighted by atomic mass is 10.2. The van der Waals surface area contributed by atoms with Crippen LogP contribution in [0.25, 0.3) is 0 Å². The van der Waals surface area contributed by atoms with Gasteiger partial charge in [-0.3, -0.25) is 9.10 Å². The number of amides is 1. The molecule has 0 fully saturated rings. The third-order valence-corrected chi connectivity index (χ3v) is 6.84. The average Bonchev–Trinajstić information content (AvgIpc) is 2.77. The van der Waals surface area contributed by atoms with Gasteiger partial charge in [0.1, 0.15) is 0 Å². The van der Waals surface area contributed by atoms with Crippen molar-refractivity contribution in [1.29, 1.82) is 0 Å². The molecule has 0 radical (unpaired) electrons. The number of methoxy groups -OCH3 is 2. The molecule has 0 aliphatic carbocycles. The minimum Gasteiger partial charge on any atom is -0.493 e. The fourth-order valence-electron chi connectivity index (χ4n) is 2.93. The van der Waals surface area contributed by atoms with Crippen LogP contribution in [0.1, 0.15) is 10.4 Å². The summed E-state index contributed by atoms with van der Waals surface area (Å²) in [7, 11) is 0.452. The molecule has 0 aliphatic heterocycles. The van der Waals surface area contributed by atoms with Crippen LogP contribution in [0.3, 0.4) is 0 Å². The van der Waals surface area contributed by atoms with Crippen molar-refractivity contribution in [3.63, 3.8) is 0 Å². The number of hydrogen-bond acceptors (Lipinski definition) is 5. The van der Waals surface area contributed by atoms with Gasteiger partial charge in [0, 0.05) is 34.4 Å². The molecule has 168 valence electrons. The zero-order valence-electron chi connectivity index (χ0n) is 17.4. The predicted octanol–water partition coefficient (Wildman–Crippen LogP) is 5.09. The van der Waals surface area contributed by atoms with Crippen LogP contribution in [0.2, 0.25) is 10.0 Å². The second-order valence-corrected chi connectivity index (χ2v) is 9.49. The van der Waals surface area contributed by atoms with Crippen molar-refractivity contribution < 1.29 is 22.7 Å². The molecule has 1 amide bonds. The Morgan fingerprint density at radius 2 is 1.47 bits per heavy atom. The molecule has 3 aromatic rings. The summed E-state index contributed by atoms with van der Waals surface area (Å²) in [4.78, 5) is 12.6. The zero-order chi connectivity index (χ0) is 23.5. The topological polar surface area (TPSA) is 84.9 Å². The molecule has 0 saturated heterocycles. The van der Waals surface area contributed by atoms with Crippen LogP contribution >= 0.6 is 23.2 Å². The maximum atomic E-state index is 13.0. The quantitative estimate of drug-likeness (QED) is 0.494. The van der Waals surface area contributed by atoms with Gasteiger partial charge in [0.2, 0.25) is 0 Å². The lowest BCUT2D eigenvalue weighted by Gasteiger charge is -2.20. The van der Waals surface area contributed by atoms with Gasteiger partial charge in [-0.1, -0.05) is 23.2 Å². The van der Waals surface area contributed by atoms with Gasteiger partial charge in [-0.25, -0.2) is 8.42 Å². The molecule has 32 heavy (non-hydrogen) atoms. The Kier molecular flexibility index (Phi) is 7.18. The van der Waals surface area contributed by atoms with Gasteiger partial charge in [0.15, 0.2) is 11.5 Å². The van der Waals surface area contributed by atoms with E-state index >= 15 is 0 Å². The maximum absolute atomic E-state index is 13.0. The van der Waals surface area contributed by atoms with Crippen LogP contribution in [0, 0.1) is 0 Å². The molecule has 0 saturated carbocycles. The van der Waals surface area contributed by atoms with E-state index in [1.165, 1.54) is 63.7 Å². The van der Waals surface area contributed by atoms with Crippen molar-refractivity contribution in [3.05, 3.63) is 76.3 Å². The first kappa shape index (κ1) is 23.7. The van der Waals surface area contributed by atoms with Crippen LogP contribution in [-0.2, 0) is 10.0 Å². The first-order chi connectivity index (χ1) is 15.1. The number of carbonyl (C=O) groups is 1. The third kappa shape index (κ3) is 5.09. The van der Waals surface area contributed by atoms with E-state index in [2.05, 4.69) is 5.32 Å². The lowest BCUT2D eigenvalue weighted by Crippen LogP contribution is -2.26. The van der Waals surface area contributed by atoms with Gasteiger partial charge in [0.05, 0.1) is 24.8 Å². The molecule has 0 aromatic heterocycles. The Hall–Kier alpha value is -2.94. The summed E-state index contributed by atoms with van der Waals surface area (Å²) in [6.07, 6.45) is 0. The normalized spacial score (nSPS) is 11.0. The summed E-state index contributed by atoms with van der Waals surface area (Å²) in [5, 5.41) is 3.49.